The van der Waals surface area contributed by atoms with Gasteiger partial charge in [0.15, 0.2) is 0 Å². The van der Waals surface area contributed by atoms with E-state index in [1.165, 1.54) is 12.4 Å². The second kappa shape index (κ2) is 7.78. The molecular formula is C23H16FN7. The van der Waals surface area contributed by atoms with Crippen molar-refractivity contribution in [2.75, 3.05) is 5.32 Å². The Morgan fingerprint density at radius 2 is 1.97 bits per heavy atom. The molecule has 0 atom stereocenters. The summed E-state index contributed by atoms with van der Waals surface area (Å²) in [5.41, 5.74) is 12.8. The van der Waals surface area contributed by atoms with Gasteiger partial charge in [-0.2, -0.15) is 0 Å². The van der Waals surface area contributed by atoms with E-state index in [1.54, 1.807) is 30.3 Å². The van der Waals surface area contributed by atoms with E-state index in [1.807, 2.05) is 36.5 Å². The summed E-state index contributed by atoms with van der Waals surface area (Å²) in [6, 6.07) is 19.9. The molecule has 2 heterocycles. The molecule has 0 aliphatic heterocycles. The van der Waals surface area contributed by atoms with Crippen LogP contribution in [0.25, 0.3) is 32.2 Å². The van der Waals surface area contributed by atoms with Crippen LogP contribution in [0.5, 0.6) is 0 Å². The second-order valence-corrected chi connectivity index (χ2v) is 7.09. The number of nitrogens with zero attached hydrogens (tertiary/aromatic N) is 6. The minimum absolute atomic E-state index is 0.235. The van der Waals surface area contributed by atoms with Gasteiger partial charge in [0.1, 0.15) is 18.0 Å². The number of hydrogen-bond acceptors (Lipinski definition) is 4. The summed E-state index contributed by atoms with van der Waals surface area (Å²) < 4.78 is 15.6. The number of halogens is 1. The molecule has 3 aromatic carbocycles. The number of aromatic nitrogens is 3. The Morgan fingerprint density at radius 1 is 1.03 bits per heavy atom. The molecule has 0 fully saturated rings. The Balaban J connectivity index is 1.46. The number of hydrogen-bond donors (Lipinski definition) is 1. The van der Waals surface area contributed by atoms with Crippen LogP contribution in [0.3, 0.4) is 0 Å². The average molecular weight is 409 g/mol. The summed E-state index contributed by atoms with van der Waals surface area (Å²) in [6.45, 7) is 0.590. The van der Waals surface area contributed by atoms with Crippen LogP contribution in [0.1, 0.15) is 5.56 Å². The molecule has 0 radical (unpaired) electrons. The monoisotopic (exact) mass is 409 g/mol. The molecule has 31 heavy (non-hydrogen) atoms. The van der Waals surface area contributed by atoms with Crippen molar-refractivity contribution >= 4 is 39.0 Å². The van der Waals surface area contributed by atoms with E-state index in [0.717, 1.165) is 33.1 Å². The molecule has 0 aliphatic carbocycles. The molecule has 0 saturated carbocycles. The van der Waals surface area contributed by atoms with Crippen molar-refractivity contribution in [2.45, 2.75) is 6.54 Å². The summed E-state index contributed by atoms with van der Waals surface area (Å²) in [4.78, 5) is 11.5. The van der Waals surface area contributed by atoms with Crippen molar-refractivity contribution in [3.8, 4) is 0 Å². The van der Waals surface area contributed by atoms with Crippen LogP contribution in [-0.2, 0) is 6.54 Å². The highest BCUT2D eigenvalue weighted by Gasteiger charge is 2.08. The summed E-state index contributed by atoms with van der Waals surface area (Å²) in [6.07, 6.45) is 3.48. The number of benzene rings is 3. The molecule has 7 nitrogen and oxygen atoms in total. The van der Waals surface area contributed by atoms with Crippen LogP contribution in [0.15, 0.2) is 84.4 Å². The van der Waals surface area contributed by atoms with E-state index in [2.05, 4.69) is 29.9 Å². The fourth-order valence-electron chi connectivity index (χ4n) is 3.64. The third kappa shape index (κ3) is 3.75. The first-order valence-corrected chi connectivity index (χ1v) is 9.60. The highest BCUT2D eigenvalue weighted by atomic mass is 19.1. The molecule has 5 aromatic rings. The van der Waals surface area contributed by atoms with Gasteiger partial charge < -0.3 is 9.88 Å². The maximum Gasteiger partial charge on any atom is 0.141 e. The Kier molecular flexibility index (Phi) is 4.67. The normalized spacial score (nSPS) is 10.9. The molecule has 8 heteroatoms. The standard InChI is InChI=1S/C23H16FN7/c24-17-3-1-2-15(10-17)13-31-9-8-16-11-18(5-7-22(16)31)28-23-20-12-19(29-30-25)4-6-21(20)26-14-27-23/h1-12,14H,13H2,(H,26,27,28). The maximum atomic E-state index is 13.5. The molecule has 0 aliphatic rings. The van der Waals surface area contributed by atoms with Gasteiger partial charge in [0, 0.05) is 45.3 Å². The van der Waals surface area contributed by atoms with Crippen molar-refractivity contribution in [1.82, 2.24) is 14.5 Å². The summed E-state index contributed by atoms with van der Waals surface area (Å²) >= 11 is 0. The van der Waals surface area contributed by atoms with Crippen LogP contribution >= 0.6 is 0 Å². The zero-order chi connectivity index (χ0) is 21.2. The highest BCUT2D eigenvalue weighted by molar-refractivity contribution is 5.93. The van der Waals surface area contributed by atoms with Gasteiger partial charge in [-0.3, -0.25) is 0 Å². The van der Waals surface area contributed by atoms with Crippen molar-refractivity contribution in [1.29, 1.82) is 0 Å². The Morgan fingerprint density at radius 3 is 2.84 bits per heavy atom. The van der Waals surface area contributed by atoms with E-state index in [9.17, 15) is 4.39 Å². The average Bonchev–Trinajstić information content (AvgIpc) is 3.16. The van der Waals surface area contributed by atoms with Crippen LogP contribution < -0.4 is 5.32 Å². The maximum absolute atomic E-state index is 13.5. The second-order valence-electron chi connectivity index (χ2n) is 7.09. The predicted octanol–water partition coefficient (Wildman–Crippen LogP) is 6.46. The smallest absolute Gasteiger partial charge is 0.141 e. The lowest BCUT2D eigenvalue weighted by molar-refractivity contribution is 0.624. The molecule has 0 amide bonds. The van der Waals surface area contributed by atoms with Gasteiger partial charge in [0.05, 0.1) is 5.52 Å². The number of rotatable bonds is 5. The van der Waals surface area contributed by atoms with E-state index >= 15 is 0 Å². The number of nitrogens with one attached hydrogen (secondary N) is 1. The summed E-state index contributed by atoms with van der Waals surface area (Å²) in [7, 11) is 0. The third-order valence-corrected chi connectivity index (χ3v) is 5.05. The molecule has 2 aromatic heterocycles. The van der Waals surface area contributed by atoms with Crippen molar-refractivity contribution in [3.05, 3.63) is 101 Å². The quantitative estimate of drug-likeness (QED) is 0.205. The van der Waals surface area contributed by atoms with Crippen molar-refractivity contribution in [3.63, 3.8) is 0 Å². The summed E-state index contributed by atoms with van der Waals surface area (Å²) in [5.74, 6) is 0.389. The van der Waals surface area contributed by atoms with Crippen molar-refractivity contribution in [2.24, 2.45) is 5.11 Å². The van der Waals surface area contributed by atoms with Gasteiger partial charge in [0.2, 0.25) is 0 Å². The predicted molar refractivity (Wildman–Crippen MR) is 119 cm³/mol. The van der Waals surface area contributed by atoms with E-state index in [0.29, 0.717) is 18.1 Å². The van der Waals surface area contributed by atoms with Gasteiger partial charge in [-0.15, -0.1) is 0 Å². The zero-order valence-corrected chi connectivity index (χ0v) is 16.3. The summed E-state index contributed by atoms with van der Waals surface area (Å²) in [5, 5.41) is 8.80. The zero-order valence-electron chi connectivity index (χ0n) is 16.3. The topological polar surface area (TPSA) is 91.5 Å². The molecule has 0 saturated heterocycles. The van der Waals surface area contributed by atoms with E-state index in [-0.39, 0.29) is 5.82 Å². The Bertz CT molecular complexity index is 1470. The Labute approximate surface area is 176 Å². The van der Waals surface area contributed by atoms with Gasteiger partial charge in [0.25, 0.3) is 0 Å². The fraction of sp³-hybridized carbons (Fsp3) is 0.0435. The molecule has 0 unspecified atom stereocenters. The lowest BCUT2D eigenvalue weighted by atomic mass is 10.2. The van der Waals surface area contributed by atoms with Gasteiger partial charge in [-0.25, -0.2) is 14.4 Å². The Hall–Kier alpha value is -4.42. The lowest BCUT2D eigenvalue weighted by Gasteiger charge is -2.10. The number of fused-ring (bicyclic) bond motifs is 2. The van der Waals surface area contributed by atoms with Gasteiger partial charge >= 0.3 is 0 Å². The minimum atomic E-state index is -0.235. The van der Waals surface area contributed by atoms with Crippen LogP contribution in [0.2, 0.25) is 0 Å². The van der Waals surface area contributed by atoms with E-state index in [4.69, 9.17) is 5.53 Å². The van der Waals surface area contributed by atoms with E-state index < -0.39 is 0 Å². The lowest BCUT2D eigenvalue weighted by Crippen LogP contribution is -1.99. The van der Waals surface area contributed by atoms with Gasteiger partial charge in [-0.05, 0) is 59.6 Å². The van der Waals surface area contributed by atoms with Crippen molar-refractivity contribution < 1.29 is 4.39 Å². The molecular weight excluding hydrogens is 393 g/mol. The molecule has 1 N–H and O–H groups in total. The molecule has 0 bridgehead atoms. The first kappa shape index (κ1) is 18.6. The fourth-order valence-corrected chi connectivity index (χ4v) is 3.64. The molecule has 150 valence electrons. The first-order chi connectivity index (χ1) is 15.2. The highest BCUT2D eigenvalue weighted by Crippen LogP contribution is 2.29. The van der Waals surface area contributed by atoms with Crippen LogP contribution in [0.4, 0.5) is 21.6 Å². The molecule has 5 rings (SSSR count). The van der Waals surface area contributed by atoms with Crippen LogP contribution in [0, 0.1) is 5.82 Å². The van der Waals surface area contributed by atoms with Crippen LogP contribution in [-0.4, -0.2) is 14.5 Å². The largest absolute Gasteiger partial charge is 0.343 e. The number of anilines is 2. The first-order valence-electron chi connectivity index (χ1n) is 9.60. The third-order valence-electron chi connectivity index (χ3n) is 5.05. The van der Waals surface area contributed by atoms with Gasteiger partial charge in [-0.1, -0.05) is 23.3 Å². The molecule has 0 spiro atoms. The minimum Gasteiger partial charge on any atom is -0.343 e. The SMILES string of the molecule is [N-]=[N+]=Nc1ccc2ncnc(Nc3ccc4c(ccn4Cc4cccc(F)c4)c3)c2c1. The number of azide groups is 1.